The van der Waals surface area contributed by atoms with Crippen LogP contribution in [0.4, 0.5) is 10.5 Å². The fourth-order valence-corrected chi connectivity index (χ4v) is 8.47. The van der Waals surface area contributed by atoms with E-state index in [9.17, 15) is 18.5 Å². The van der Waals surface area contributed by atoms with Crippen LogP contribution >= 0.6 is 0 Å². The molecule has 2 fully saturated rings. The second kappa shape index (κ2) is 13.9. The molecule has 3 aliphatic heterocycles. The van der Waals surface area contributed by atoms with Gasteiger partial charge in [0.2, 0.25) is 5.88 Å². The van der Waals surface area contributed by atoms with E-state index in [4.69, 9.17) is 14.2 Å². The van der Waals surface area contributed by atoms with Crippen molar-refractivity contribution < 1.29 is 32.2 Å². The van der Waals surface area contributed by atoms with Crippen LogP contribution in [0.2, 0.25) is 0 Å². The lowest BCUT2D eigenvalue weighted by atomic mass is 9.83. The maximum absolute atomic E-state index is 15.1. The third kappa shape index (κ3) is 6.00. The van der Waals surface area contributed by atoms with Gasteiger partial charge in [-0.1, -0.05) is 0 Å². The topological polar surface area (TPSA) is 166 Å². The molecule has 2 aromatic carbocycles. The fraction of sp³-hybridized carbons (Fsp3) is 0.412. The Hall–Kier alpha value is -4.91. The van der Waals surface area contributed by atoms with Crippen LogP contribution in [-0.2, 0) is 20.4 Å². The van der Waals surface area contributed by atoms with Gasteiger partial charge in [0.1, 0.15) is 16.4 Å². The maximum atomic E-state index is 15.1. The van der Waals surface area contributed by atoms with Crippen molar-refractivity contribution in [2.45, 2.75) is 36.2 Å². The Morgan fingerprint density at radius 1 is 1.06 bits per heavy atom. The van der Waals surface area contributed by atoms with Crippen molar-refractivity contribution in [3.05, 3.63) is 71.4 Å². The van der Waals surface area contributed by atoms with Gasteiger partial charge in [0.05, 0.1) is 43.7 Å². The molecule has 0 aliphatic carbocycles. The summed E-state index contributed by atoms with van der Waals surface area (Å²) in [5, 5.41) is 16.3. The highest BCUT2D eigenvalue weighted by molar-refractivity contribution is 7.93. The number of carbonyl (C=O) groups is 2. The van der Waals surface area contributed by atoms with Crippen LogP contribution < -0.4 is 29.1 Å². The highest BCUT2D eigenvalue weighted by Crippen LogP contribution is 2.50. The minimum absolute atomic E-state index is 0.0314. The third-order valence-corrected chi connectivity index (χ3v) is 11.1. The molecular formula is C34H39N7O7S. The number of nitriles is 1. The number of fused-ring (bicyclic) bond motifs is 1. The molecule has 1 atom stereocenters. The number of pyridine rings is 1. The summed E-state index contributed by atoms with van der Waals surface area (Å²) in [5.41, 5.74) is -1.81. The normalized spacial score (nSPS) is 20.0. The van der Waals surface area contributed by atoms with Crippen molar-refractivity contribution in [3.8, 4) is 23.4 Å². The number of nitrogens with zero attached hydrogens (tertiary/aromatic N) is 5. The average Bonchev–Trinajstić information content (AvgIpc) is 3.39. The summed E-state index contributed by atoms with van der Waals surface area (Å²) in [6.07, 6.45) is 3.55. The van der Waals surface area contributed by atoms with Crippen LogP contribution in [0.3, 0.4) is 0 Å². The van der Waals surface area contributed by atoms with Gasteiger partial charge in [-0.25, -0.2) is 18.2 Å². The van der Waals surface area contributed by atoms with Gasteiger partial charge in [-0.3, -0.25) is 9.69 Å². The van der Waals surface area contributed by atoms with E-state index in [1.165, 1.54) is 56.8 Å². The van der Waals surface area contributed by atoms with Gasteiger partial charge >= 0.3 is 6.03 Å². The largest absolute Gasteiger partial charge is 0.497 e. The second-order valence-corrected chi connectivity index (χ2v) is 13.7. The number of hydrogen-bond acceptors (Lipinski definition) is 11. The molecule has 15 heteroatoms. The average molecular weight is 690 g/mol. The Labute approximate surface area is 285 Å². The van der Waals surface area contributed by atoms with Crippen molar-refractivity contribution in [3.63, 3.8) is 0 Å². The molecule has 6 rings (SSSR count). The van der Waals surface area contributed by atoms with E-state index in [-0.39, 0.29) is 45.5 Å². The molecule has 4 heterocycles. The van der Waals surface area contributed by atoms with Crippen LogP contribution in [-0.4, -0.2) is 101 Å². The molecule has 258 valence electrons. The quantitative estimate of drug-likeness (QED) is 0.339. The van der Waals surface area contributed by atoms with Crippen molar-refractivity contribution in [1.29, 1.82) is 5.26 Å². The molecule has 14 nitrogen and oxygen atoms in total. The van der Waals surface area contributed by atoms with E-state index in [1.54, 1.807) is 24.0 Å². The summed E-state index contributed by atoms with van der Waals surface area (Å²) in [7, 11) is -1.94. The third-order valence-electron chi connectivity index (χ3n) is 9.32. The number of methoxy groups -OCH3 is 2. The highest BCUT2D eigenvalue weighted by atomic mass is 32.2. The fourth-order valence-electron chi connectivity index (χ4n) is 6.86. The SMILES string of the molecule is CCOc1ncccc1[C@]1(NC(=O)N2CCN(C3CCNCC3)CC2)C(=O)N(S(=O)(=O)c2ccc(OC)cc2OC)c2ccc(C#N)cc21. The monoisotopic (exact) mass is 689 g/mol. The van der Waals surface area contributed by atoms with Gasteiger partial charge in [0.15, 0.2) is 5.54 Å². The van der Waals surface area contributed by atoms with Crippen LogP contribution in [0, 0.1) is 11.3 Å². The first-order chi connectivity index (χ1) is 23.7. The molecule has 3 amide bonds. The number of benzene rings is 2. The van der Waals surface area contributed by atoms with E-state index in [0.29, 0.717) is 42.3 Å². The van der Waals surface area contributed by atoms with Crippen LogP contribution in [0.15, 0.2) is 59.6 Å². The number of nitrogens with one attached hydrogen (secondary N) is 2. The number of piperazine rings is 1. The summed E-state index contributed by atoms with van der Waals surface area (Å²) in [4.78, 5) is 37.5. The molecular weight excluding hydrogens is 650 g/mol. The van der Waals surface area contributed by atoms with E-state index < -0.39 is 27.5 Å². The Bertz CT molecular complexity index is 1890. The first-order valence-electron chi connectivity index (χ1n) is 16.2. The molecule has 3 aliphatic rings. The van der Waals surface area contributed by atoms with Crippen molar-refractivity contribution in [1.82, 2.24) is 25.4 Å². The molecule has 49 heavy (non-hydrogen) atoms. The Morgan fingerprint density at radius 2 is 1.82 bits per heavy atom. The van der Waals surface area contributed by atoms with E-state index >= 15 is 4.79 Å². The Morgan fingerprint density at radius 3 is 2.49 bits per heavy atom. The van der Waals surface area contributed by atoms with Gasteiger partial charge in [0.25, 0.3) is 15.9 Å². The number of aromatic nitrogens is 1. The number of amides is 3. The molecule has 0 spiro atoms. The van der Waals surface area contributed by atoms with Crippen LogP contribution in [0.25, 0.3) is 0 Å². The van der Waals surface area contributed by atoms with Gasteiger partial charge in [-0.05, 0) is 75.3 Å². The zero-order valence-electron chi connectivity index (χ0n) is 27.6. The minimum atomic E-state index is -4.69. The minimum Gasteiger partial charge on any atom is -0.497 e. The first kappa shape index (κ1) is 34.0. The lowest BCUT2D eigenvalue weighted by molar-refractivity contribution is -0.121. The number of anilines is 1. The molecule has 2 saturated heterocycles. The number of rotatable bonds is 9. The van der Waals surface area contributed by atoms with Crippen molar-refractivity contribution in [2.75, 3.05) is 64.4 Å². The molecule has 0 radical (unpaired) electrons. The van der Waals surface area contributed by atoms with Crippen molar-refractivity contribution >= 4 is 27.6 Å². The van der Waals surface area contributed by atoms with E-state index in [2.05, 4.69) is 26.6 Å². The maximum Gasteiger partial charge on any atom is 0.318 e. The standard InChI is InChI=1S/C34H39N7O7S/c1-4-48-31-26(6-5-13-37-31)34(38-33(43)40-18-16-39(17-19-40)24-11-14-36-15-12-24)27-20-23(22-35)7-9-28(27)41(32(34)42)49(44,45)30-10-8-25(46-2)21-29(30)47-3/h5-10,13,20-21,24,36H,4,11-12,14-19H2,1-3H3,(H,38,43)/t34-/m1/s1. The lowest BCUT2D eigenvalue weighted by Gasteiger charge is -2.41. The molecule has 2 N–H and O–H groups in total. The number of piperidine rings is 1. The number of sulfonamides is 1. The van der Waals surface area contributed by atoms with Gasteiger partial charge < -0.3 is 29.7 Å². The molecule has 3 aromatic rings. The van der Waals surface area contributed by atoms with Gasteiger partial charge in [0, 0.05) is 50.0 Å². The zero-order chi connectivity index (χ0) is 34.8. The lowest BCUT2D eigenvalue weighted by Crippen LogP contribution is -2.61. The zero-order valence-corrected chi connectivity index (χ0v) is 28.5. The van der Waals surface area contributed by atoms with Crippen molar-refractivity contribution in [2.24, 2.45) is 0 Å². The number of carbonyl (C=O) groups excluding carboxylic acids is 2. The highest BCUT2D eigenvalue weighted by Gasteiger charge is 2.59. The van der Waals surface area contributed by atoms with E-state index in [1.807, 2.05) is 0 Å². The second-order valence-electron chi connectivity index (χ2n) is 11.9. The predicted molar refractivity (Wildman–Crippen MR) is 179 cm³/mol. The van der Waals surface area contributed by atoms with E-state index in [0.717, 1.165) is 25.9 Å². The summed E-state index contributed by atoms with van der Waals surface area (Å²) in [6, 6.07) is 13.5. The Balaban J connectivity index is 1.47. The summed E-state index contributed by atoms with van der Waals surface area (Å²) in [6.45, 7) is 5.95. The number of hydrogen-bond donors (Lipinski definition) is 2. The Kier molecular flexibility index (Phi) is 9.64. The molecule has 1 aromatic heterocycles. The van der Waals surface area contributed by atoms with Crippen LogP contribution in [0.5, 0.6) is 17.4 Å². The predicted octanol–water partition coefficient (Wildman–Crippen LogP) is 2.43. The summed E-state index contributed by atoms with van der Waals surface area (Å²) >= 11 is 0. The van der Waals surface area contributed by atoms with Gasteiger partial charge in [-0.15, -0.1) is 0 Å². The summed E-state index contributed by atoms with van der Waals surface area (Å²) < 4.78 is 46.4. The number of ether oxygens (including phenoxy) is 3. The van der Waals surface area contributed by atoms with Crippen LogP contribution in [0.1, 0.15) is 36.5 Å². The molecule has 0 saturated carbocycles. The number of urea groups is 1. The molecule has 0 bridgehead atoms. The molecule has 0 unspecified atom stereocenters. The summed E-state index contributed by atoms with van der Waals surface area (Å²) in [5.74, 6) is -0.664. The first-order valence-corrected chi connectivity index (χ1v) is 17.6. The van der Waals surface area contributed by atoms with Gasteiger partial charge in [-0.2, -0.15) is 9.57 Å². The smallest absolute Gasteiger partial charge is 0.318 e.